The fraction of sp³-hybridized carbons (Fsp3) is 0.273. The van der Waals surface area contributed by atoms with Crippen molar-refractivity contribution in [3.63, 3.8) is 0 Å². The lowest BCUT2D eigenvalue weighted by molar-refractivity contribution is 0.759. The van der Waals surface area contributed by atoms with E-state index in [1.807, 2.05) is 0 Å². The molecular weight excluding hydrogens is 270 g/mol. The van der Waals surface area contributed by atoms with Gasteiger partial charge >= 0.3 is 5.69 Å². The number of imidazole rings is 1. The number of hydrogen-bond donors (Lipinski definition) is 0. The lowest BCUT2D eigenvalue weighted by atomic mass is 10.4. The van der Waals surface area contributed by atoms with Gasteiger partial charge in [-0.1, -0.05) is 5.92 Å². The molecule has 0 saturated heterocycles. The Bertz CT molecular complexity index is 657. The van der Waals surface area contributed by atoms with Gasteiger partial charge in [-0.3, -0.25) is 14.1 Å². The van der Waals surface area contributed by atoms with Crippen molar-refractivity contribution in [2.45, 2.75) is 13.5 Å². The molecule has 2 aromatic heterocycles. The van der Waals surface area contributed by atoms with E-state index in [4.69, 9.17) is 0 Å². The highest BCUT2D eigenvalue weighted by Crippen LogP contribution is 2.20. The summed E-state index contributed by atoms with van der Waals surface area (Å²) in [5.74, 6) is 5.67. The van der Waals surface area contributed by atoms with Crippen molar-refractivity contribution in [3.05, 3.63) is 27.4 Å². The average Bonchev–Trinajstić information content (AvgIpc) is 2.51. The SMILES string of the molecule is CC#CCn1c(=O)n(C)c2c(Br)cncc21. The molecule has 0 aliphatic rings. The van der Waals surface area contributed by atoms with Crippen LogP contribution in [-0.4, -0.2) is 14.1 Å². The van der Waals surface area contributed by atoms with Gasteiger partial charge in [0.05, 0.1) is 28.2 Å². The summed E-state index contributed by atoms with van der Waals surface area (Å²) in [6.07, 6.45) is 3.36. The fourth-order valence-corrected chi connectivity index (χ4v) is 2.23. The number of aryl methyl sites for hydroxylation is 1. The number of aromatic nitrogens is 3. The molecule has 0 bridgehead atoms. The van der Waals surface area contributed by atoms with E-state index in [-0.39, 0.29) is 5.69 Å². The van der Waals surface area contributed by atoms with Gasteiger partial charge < -0.3 is 0 Å². The summed E-state index contributed by atoms with van der Waals surface area (Å²) < 4.78 is 4.02. The van der Waals surface area contributed by atoms with Crippen molar-refractivity contribution in [2.75, 3.05) is 0 Å². The third kappa shape index (κ3) is 1.55. The van der Waals surface area contributed by atoms with Crippen LogP contribution in [0.3, 0.4) is 0 Å². The summed E-state index contributed by atoms with van der Waals surface area (Å²) in [4.78, 5) is 16.0. The Morgan fingerprint density at radius 3 is 2.94 bits per heavy atom. The van der Waals surface area contributed by atoms with Crippen LogP contribution in [0.1, 0.15) is 6.92 Å². The van der Waals surface area contributed by atoms with Gasteiger partial charge in [0.1, 0.15) is 0 Å². The molecule has 2 rings (SSSR count). The highest BCUT2D eigenvalue weighted by atomic mass is 79.9. The Balaban J connectivity index is 2.82. The molecule has 0 aromatic carbocycles. The van der Waals surface area contributed by atoms with Gasteiger partial charge in [0.15, 0.2) is 0 Å². The minimum absolute atomic E-state index is 0.0774. The van der Waals surface area contributed by atoms with E-state index in [9.17, 15) is 4.79 Å². The minimum Gasteiger partial charge on any atom is -0.294 e. The van der Waals surface area contributed by atoms with Crippen molar-refractivity contribution in [2.24, 2.45) is 7.05 Å². The molecule has 0 aliphatic heterocycles. The quantitative estimate of drug-likeness (QED) is 0.743. The predicted molar refractivity (Wildman–Crippen MR) is 66.1 cm³/mol. The summed E-state index contributed by atoms with van der Waals surface area (Å²) in [6, 6.07) is 0. The van der Waals surface area contributed by atoms with Gasteiger partial charge in [0.25, 0.3) is 0 Å². The first-order chi connectivity index (χ1) is 7.66. The zero-order chi connectivity index (χ0) is 11.7. The lowest BCUT2D eigenvalue weighted by Crippen LogP contribution is -2.21. The molecule has 16 heavy (non-hydrogen) atoms. The smallest absolute Gasteiger partial charge is 0.294 e. The summed E-state index contributed by atoms with van der Waals surface area (Å²) >= 11 is 3.39. The molecule has 5 heteroatoms. The van der Waals surface area contributed by atoms with E-state index in [0.717, 1.165) is 15.5 Å². The van der Waals surface area contributed by atoms with Crippen LogP contribution >= 0.6 is 15.9 Å². The molecule has 4 nitrogen and oxygen atoms in total. The Morgan fingerprint density at radius 2 is 2.25 bits per heavy atom. The van der Waals surface area contributed by atoms with Gasteiger partial charge in [0.2, 0.25) is 0 Å². The van der Waals surface area contributed by atoms with Crippen LogP contribution < -0.4 is 5.69 Å². The number of fused-ring (bicyclic) bond motifs is 1. The molecule has 0 fully saturated rings. The molecule has 82 valence electrons. The molecule has 0 aliphatic carbocycles. The first kappa shape index (κ1) is 11.0. The molecule has 0 unspecified atom stereocenters. The number of rotatable bonds is 1. The third-order valence-electron chi connectivity index (χ3n) is 2.41. The predicted octanol–water partition coefficient (Wildman–Crippen LogP) is 1.52. The van der Waals surface area contributed by atoms with Gasteiger partial charge in [0, 0.05) is 13.2 Å². The minimum atomic E-state index is -0.0774. The van der Waals surface area contributed by atoms with E-state index < -0.39 is 0 Å². The van der Waals surface area contributed by atoms with Crippen molar-refractivity contribution >= 4 is 27.0 Å². The summed E-state index contributed by atoms with van der Waals surface area (Å²) in [5, 5.41) is 0. The highest BCUT2D eigenvalue weighted by Gasteiger charge is 2.12. The molecule has 0 spiro atoms. The monoisotopic (exact) mass is 279 g/mol. The molecule has 0 saturated carbocycles. The van der Waals surface area contributed by atoms with Gasteiger partial charge in [-0.05, 0) is 22.9 Å². The lowest BCUT2D eigenvalue weighted by Gasteiger charge is -1.97. The fourth-order valence-electron chi connectivity index (χ4n) is 1.64. The van der Waals surface area contributed by atoms with Crippen LogP contribution in [0.15, 0.2) is 21.7 Å². The van der Waals surface area contributed by atoms with E-state index in [1.165, 1.54) is 0 Å². The average molecular weight is 280 g/mol. The van der Waals surface area contributed by atoms with Crippen molar-refractivity contribution in [3.8, 4) is 11.8 Å². The van der Waals surface area contributed by atoms with Crippen molar-refractivity contribution in [1.29, 1.82) is 0 Å². The topological polar surface area (TPSA) is 39.8 Å². The van der Waals surface area contributed by atoms with Crippen LogP contribution in [0.4, 0.5) is 0 Å². The second-order valence-electron chi connectivity index (χ2n) is 3.34. The zero-order valence-electron chi connectivity index (χ0n) is 8.99. The summed E-state index contributed by atoms with van der Waals surface area (Å²) in [7, 11) is 1.74. The van der Waals surface area contributed by atoms with Crippen molar-refractivity contribution in [1.82, 2.24) is 14.1 Å². The second-order valence-corrected chi connectivity index (χ2v) is 4.20. The number of halogens is 1. The van der Waals surface area contributed by atoms with Crippen LogP contribution in [0, 0.1) is 11.8 Å². The molecular formula is C11H10BrN3O. The Labute approximate surface area is 101 Å². The highest BCUT2D eigenvalue weighted by molar-refractivity contribution is 9.10. The van der Waals surface area contributed by atoms with E-state index in [1.54, 1.807) is 35.5 Å². The van der Waals surface area contributed by atoms with Gasteiger partial charge in [-0.25, -0.2) is 4.79 Å². The van der Waals surface area contributed by atoms with Crippen molar-refractivity contribution < 1.29 is 0 Å². The molecule has 0 atom stereocenters. The van der Waals surface area contributed by atoms with Gasteiger partial charge in [-0.15, -0.1) is 5.92 Å². The van der Waals surface area contributed by atoms with Crippen LogP contribution in [0.5, 0.6) is 0 Å². The first-order valence-corrected chi connectivity index (χ1v) is 5.54. The maximum atomic E-state index is 12.0. The van der Waals surface area contributed by atoms with E-state index in [0.29, 0.717) is 6.54 Å². The molecule has 0 radical (unpaired) electrons. The third-order valence-corrected chi connectivity index (χ3v) is 2.99. The number of nitrogens with zero attached hydrogens (tertiary/aromatic N) is 3. The Morgan fingerprint density at radius 1 is 1.50 bits per heavy atom. The van der Waals surface area contributed by atoms with Crippen LogP contribution in [0.25, 0.3) is 11.0 Å². The summed E-state index contributed by atoms with van der Waals surface area (Å²) in [5.41, 5.74) is 1.56. The number of hydrogen-bond acceptors (Lipinski definition) is 2. The molecule has 2 aromatic rings. The molecule has 0 amide bonds. The molecule has 0 N–H and O–H groups in total. The maximum absolute atomic E-state index is 12.0. The van der Waals surface area contributed by atoms with Crippen LogP contribution in [0.2, 0.25) is 0 Å². The first-order valence-electron chi connectivity index (χ1n) is 4.75. The van der Waals surface area contributed by atoms with Gasteiger partial charge in [-0.2, -0.15) is 0 Å². The number of pyridine rings is 1. The zero-order valence-corrected chi connectivity index (χ0v) is 10.6. The largest absolute Gasteiger partial charge is 0.329 e. The Hall–Kier alpha value is -1.54. The Kier molecular flexibility index (Phi) is 2.84. The maximum Gasteiger partial charge on any atom is 0.329 e. The molecule has 2 heterocycles. The van der Waals surface area contributed by atoms with Crippen LogP contribution in [-0.2, 0) is 13.6 Å². The van der Waals surface area contributed by atoms with E-state index in [2.05, 4.69) is 32.8 Å². The van der Waals surface area contributed by atoms with E-state index >= 15 is 0 Å². The standard InChI is InChI=1S/C11H10BrN3O/c1-3-4-5-15-9-7-13-6-8(12)10(9)14(2)11(15)16/h6-7H,5H2,1-2H3. The summed E-state index contributed by atoms with van der Waals surface area (Å²) in [6.45, 7) is 2.15. The normalized spacial score (nSPS) is 10.2. The second kappa shape index (κ2) is 4.14.